The summed E-state index contributed by atoms with van der Waals surface area (Å²) in [6.07, 6.45) is 1.71. The molecular weight excluding hydrogens is 283 g/mol. The molecule has 6 heteroatoms. The van der Waals surface area contributed by atoms with E-state index in [1.54, 1.807) is 17.1 Å². The number of halogens is 2. The lowest BCUT2D eigenvalue weighted by atomic mass is 10.2. The maximum absolute atomic E-state index is 6.13. The summed E-state index contributed by atoms with van der Waals surface area (Å²) in [7, 11) is 0. The molecule has 1 aromatic heterocycles. The van der Waals surface area contributed by atoms with E-state index in [9.17, 15) is 0 Å². The Balaban J connectivity index is 2.03. The van der Waals surface area contributed by atoms with E-state index in [1.165, 1.54) is 0 Å². The fourth-order valence-electron chi connectivity index (χ4n) is 1.61. The number of hydrogen-bond acceptors (Lipinski definition) is 3. The summed E-state index contributed by atoms with van der Waals surface area (Å²) in [4.78, 5) is 4.25. The van der Waals surface area contributed by atoms with Crippen LogP contribution in [0.2, 0.25) is 10.0 Å². The van der Waals surface area contributed by atoms with Crippen molar-refractivity contribution in [1.82, 2.24) is 20.1 Å². The highest BCUT2D eigenvalue weighted by atomic mass is 35.5. The molecule has 4 nitrogen and oxygen atoms in total. The first-order chi connectivity index (χ1) is 9.04. The lowest BCUT2D eigenvalue weighted by Crippen LogP contribution is -2.22. The predicted molar refractivity (Wildman–Crippen MR) is 77.6 cm³/mol. The van der Waals surface area contributed by atoms with Gasteiger partial charge in [0.1, 0.15) is 6.33 Å². The molecule has 0 aliphatic carbocycles. The van der Waals surface area contributed by atoms with Crippen LogP contribution in [0.25, 0.3) is 0 Å². The minimum absolute atomic E-state index is 0.414. The lowest BCUT2D eigenvalue weighted by Gasteiger charge is -2.05. The molecule has 102 valence electrons. The van der Waals surface area contributed by atoms with Gasteiger partial charge in [-0.15, -0.1) is 0 Å². The summed E-state index contributed by atoms with van der Waals surface area (Å²) >= 11 is 12.0. The first-order valence-corrected chi connectivity index (χ1v) is 6.86. The van der Waals surface area contributed by atoms with Crippen molar-refractivity contribution in [3.63, 3.8) is 0 Å². The van der Waals surface area contributed by atoms with Gasteiger partial charge in [-0.05, 0) is 17.7 Å². The summed E-state index contributed by atoms with van der Waals surface area (Å²) in [5.41, 5.74) is 0.972. The molecule has 0 amide bonds. The number of hydrogen-bond donors (Lipinski definition) is 1. The van der Waals surface area contributed by atoms with Crippen molar-refractivity contribution >= 4 is 23.2 Å². The number of nitrogens with one attached hydrogen (secondary N) is 1. The summed E-state index contributed by atoms with van der Waals surface area (Å²) in [6, 6.07) is 5.87. The molecule has 0 aliphatic heterocycles. The van der Waals surface area contributed by atoms with Crippen molar-refractivity contribution in [2.45, 2.75) is 33.0 Å². The van der Waals surface area contributed by atoms with Crippen molar-refractivity contribution in [3.8, 4) is 0 Å². The van der Waals surface area contributed by atoms with Crippen molar-refractivity contribution < 1.29 is 0 Å². The molecule has 2 rings (SSSR count). The molecule has 0 saturated carbocycles. The van der Waals surface area contributed by atoms with E-state index in [1.807, 2.05) is 12.1 Å². The van der Waals surface area contributed by atoms with Gasteiger partial charge in [-0.1, -0.05) is 43.1 Å². The van der Waals surface area contributed by atoms with Crippen LogP contribution in [0, 0.1) is 0 Å². The average molecular weight is 299 g/mol. The minimum atomic E-state index is 0.414. The zero-order chi connectivity index (χ0) is 13.8. The van der Waals surface area contributed by atoms with E-state index >= 15 is 0 Å². The Morgan fingerprint density at radius 3 is 2.79 bits per heavy atom. The van der Waals surface area contributed by atoms with Crippen LogP contribution in [-0.2, 0) is 13.1 Å². The van der Waals surface area contributed by atoms with Crippen LogP contribution in [0.1, 0.15) is 25.2 Å². The predicted octanol–water partition coefficient (Wildman–Crippen LogP) is 3.13. The standard InChI is InChI=1S/C13H16Cl2N4/c1-9(2)16-6-13-17-8-19(18-13)7-10-3-4-11(14)5-12(10)15/h3-5,8-9,16H,6-7H2,1-2H3. The first-order valence-electron chi connectivity index (χ1n) is 6.10. The summed E-state index contributed by atoms with van der Waals surface area (Å²) < 4.78 is 1.77. The highest BCUT2D eigenvalue weighted by Gasteiger charge is 2.05. The molecule has 0 fully saturated rings. The van der Waals surface area contributed by atoms with Crippen molar-refractivity contribution in [3.05, 3.63) is 46.0 Å². The highest BCUT2D eigenvalue weighted by molar-refractivity contribution is 6.35. The molecular formula is C13H16Cl2N4. The van der Waals surface area contributed by atoms with E-state index in [0.717, 1.165) is 11.4 Å². The van der Waals surface area contributed by atoms with Gasteiger partial charge < -0.3 is 5.32 Å². The smallest absolute Gasteiger partial charge is 0.164 e. The van der Waals surface area contributed by atoms with E-state index < -0.39 is 0 Å². The Morgan fingerprint density at radius 2 is 2.11 bits per heavy atom. The molecule has 0 aliphatic rings. The third kappa shape index (κ3) is 4.20. The average Bonchev–Trinajstić information content (AvgIpc) is 2.78. The molecule has 0 saturated heterocycles. The van der Waals surface area contributed by atoms with E-state index in [4.69, 9.17) is 23.2 Å². The first kappa shape index (κ1) is 14.3. The van der Waals surface area contributed by atoms with Gasteiger partial charge >= 0.3 is 0 Å². The van der Waals surface area contributed by atoms with Gasteiger partial charge in [0.05, 0.1) is 13.1 Å². The van der Waals surface area contributed by atoms with E-state index in [-0.39, 0.29) is 0 Å². The number of nitrogens with zero attached hydrogens (tertiary/aromatic N) is 3. The van der Waals surface area contributed by atoms with Crippen molar-refractivity contribution in [2.24, 2.45) is 0 Å². The monoisotopic (exact) mass is 298 g/mol. The molecule has 2 aromatic rings. The summed E-state index contributed by atoms with van der Waals surface area (Å²) in [6.45, 7) is 5.43. The fourth-order valence-corrected chi connectivity index (χ4v) is 2.08. The van der Waals surface area contributed by atoms with Gasteiger partial charge in [0.15, 0.2) is 5.82 Å². The van der Waals surface area contributed by atoms with Crippen molar-refractivity contribution in [2.75, 3.05) is 0 Å². The van der Waals surface area contributed by atoms with Gasteiger partial charge in [0.2, 0.25) is 0 Å². The number of aromatic nitrogens is 3. The van der Waals surface area contributed by atoms with E-state index in [0.29, 0.717) is 29.2 Å². The van der Waals surface area contributed by atoms with Crippen LogP contribution in [0.15, 0.2) is 24.5 Å². The number of rotatable bonds is 5. The molecule has 1 aromatic carbocycles. The summed E-state index contributed by atoms with van der Waals surface area (Å²) in [5.74, 6) is 0.777. The summed E-state index contributed by atoms with van der Waals surface area (Å²) in [5, 5.41) is 8.95. The largest absolute Gasteiger partial charge is 0.308 e. The number of benzene rings is 1. The Morgan fingerprint density at radius 1 is 1.32 bits per heavy atom. The Hall–Kier alpha value is -1.10. The third-order valence-corrected chi connectivity index (χ3v) is 3.19. The maximum atomic E-state index is 6.13. The van der Waals surface area contributed by atoms with Crippen LogP contribution >= 0.6 is 23.2 Å². The van der Waals surface area contributed by atoms with Gasteiger partial charge in [0.25, 0.3) is 0 Å². The molecule has 19 heavy (non-hydrogen) atoms. The van der Waals surface area contributed by atoms with Gasteiger partial charge in [-0.3, -0.25) is 0 Å². The Kier molecular flexibility index (Phi) is 4.80. The third-order valence-electron chi connectivity index (χ3n) is 2.60. The van der Waals surface area contributed by atoms with E-state index in [2.05, 4.69) is 29.2 Å². The second-order valence-corrected chi connectivity index (χ2v) is 5.47. The fraction of sp³-hybridized carbons (Fsp3) is 0.385. The maximum Gasteiger partial charge on any atom is 0.164 e. The van der Waals surface area contributed by atoms with Crippen LogP contribution in [0.5, 0.6) is 0 Å². The van der Waals surface area contributed by atoms with Crippen molar-refractivity contribution in [1.29, 1.82) is 0 Å². The van der Waals surface area contributed by atoms with Crippen LogP contribution in [0.3, 0.4) is 0 Å². The molecule has 0 radical (unpaired) electrons. The second-order valence-electron chi connectivity index (χ2n) is 4.63. The lowest BCUT2D eigenvalue weighted by molar-refractivity contribution is 0.565. The molecule has 0 bridgehead atoms. The molecule has 0 atom stereocenters. The van der Waals surface area contributed by atoms with Gasteiger partial charge in [-0.2, -0.15) is 5.10 Å². The second kappa shape index (κ2) is 6.37. The zero-order valence-corrected chi connectivity index (χ0v) is 12.4. The Bertz CT molecular complexity index is 551. The normalized spacial score (nSPS) is 11.2. The SMILES string of the molecule is CC(C)NCc1ncn(Cc2ccc(Cl)cc2Cl)n1. The quantitative estimate of drug-likeness (QED) is 0.922. The molecule has 0 unspecified atom stereocenters. The van der Waals surface area contributed by atoms with Crippen LogP contribution in [0.4, 0.5) is 0 Å². The highest BCUT2D eigenvalue weighted by Crippen LogP contribution is 2.21. The topological polar surface area (TPSA) is 42.7 Å². The van der Waals surface area contributed by atoms with Gasteiger partial charge in [0, 0.05) is 16.1 Å². The van der Waals surface area contributed by atoms with Crippen LogP contribution in [-0.4, -0.2) is 20.8 Å². The zero-order valence-electron chi connectivity index (χ0n) is 10.9. The minimum Gasteiger partial charge on any atom is -0.308 e. The van der Waals surface area contributed by atoms with Crippen LogP contribution < -0.4 is 5.32 Å². The molecule has 1 heterocycles. The van der Waals surface area contributed by atoms with Gasteiger partial charge in [-0.25, -0.2) is 9.67 Å². The molecule has 0 spiro atoms. The molecule has 1 N–H and O–H groups in total. The Labute approximate surface area is 122 Å².